The topological polar surface area (TPSA) is 108 Å². The molecular weight excluding hydrogens is 560 g/mol. The predicted molar refractivity (Wildman–Crippen MR) is 173 cm³/mol. The lowest BCUT2D eigenvalue weighted by Gasteiger charge is -2.30. The summed E-state index contributed by atoms with van der Waals surface area (Å²) in [6, 6.07) is 17.3. The van der Waals surface area contributed by atoms with E-state index >= 15 is 0 Å². The molecular formula is C33H36N6O3S. The zero-order chi connectivity index (χ0) is 29.8. The van der Waals surface area contributed by atoms with Gasteiger partial charge in [-0.15, -0.1) is 11.3 Å². The van der Waals surface area contributed by atoms with Gasteiger partial charge in [0.25, 0.3) is 5.91 Å². The summed E-state index contributed by atoms with van der Waals surface area (Å²) in [6.45, 7) is 3.67. The highest BCUT2D eigenvalue weighted by atomic mass is 32.1. The van der Waals surface area contributed by atoms with Crippen molar-refractivity contribution < 1.29 is 14.3 Å². The number of urea groups is 1. The van der Waals surface area contributed by atoms with Crippen LogP contribution in [0.5, 0.6) is 11.5 Å². The fourth-order valence-electron chi connectivity index (χ4n) is 5.76. The number of amides is 3. The third kappa shape index (κ3) is 6.27. The predicted octanol–water partition coefficient (Wildman–Crippen LogP) is 6.49. The van der Waals surface area contributed by atoms with Gasteiger partial charge in [-0.05, 0) is 81.6 Å². The largest absolute Gasteiger partial charge is 0.457 e. The molecule has 0 atom stereocenters. The van der Waals surface area contributed by atoms with E-state index in [-0.39, 0.29) is 18.0 Å². The Kier molecular flexibility index (Phi) is 8.69. The normalized spacial score (nSPS) is 18.2. The van der Waals surface area contributed by atoms with Gasteiger partial charge in [0.2, 0.25) is 0 Å². The van der Waals surface area contributed by atoms with E-state index in [1.165, 1.54) is 11.3 Å². The summed E-state index contributed by atoms with van der Waals surface area (Å²) in [6.07, 6.45) is 9.80. The van der Waals surface area contributed by atoms with E-state index in [1.54, 1.807) is 11.1 Å². The molecule has 1 fully saturated rings. The van der Waals surface area contributed by atoms with Crippen molar-refractivity contribution >= 4 is 50.6 Å². The van der Waals surface area contributed by atoms with Gasteiger partial charge in [-0.2, -0.15) is 0 Å². The number of ether oxygens (including phenoxy) is 1. The Bertz CT molecular complexity index is 1650. The number of carbonyl (C=O) groups excluding carboxylic acids is 2. The molecule has 0 spiro atoms. The van der Waals surface area contributed by atoms with E-state index in [4.69, 9.17) is 4.74 Å². The Morgan fingerprint density at radius 3 is 2.56 bits per heavy atom. The minimum absolute atomic E-state index is 0.102. The molecule has 1 aliphatic heterocycles. The summed E-state index contributed by atoms with van der Waals surface area (Å²) in [4.78, 5) is 34.5. The van der Waals surface area contributed by atoms with Crippen LogP contribution in [-0.2, 0) is 0 Å². The Balaban J connectivity index is 1.17. The molecule has 9 nitrogen and oxygen atoms in total. The van der Waals surface area contributed by atoms with Crippen molar-refractivity contribution in [2.45, 2.75) is 44.7 Å². The van der Waals surface area contributed by atoms with E-state index < -0.39 is 0 Å². The van der Waals surface area contributed by atoms with Gasteiger partial charge in [-0.3, -0.25) is 9.69 Å². The van der Waals surface area contributed by atoms with Crippen LogP contribution in [0, 0.1) is 6.92 Å². The van der Waals surface area contributed by atoms with Crippen molar-refractivity contribution in [1.82, 2.24) is 20.9 Å². The van der Waals surface area contributed by atoms with Gasteiger partial charge < -0.3 is 26.0 Å². The van der Waals surface area contributed by atoms with E-state index in [2.05, 4.69) is 38.4 Å². The van der Waals surface area contributed by atoms with Gasteiger partial charge in [0.15, 0.2) is 0 Å². The summed E-state index contributed by atoms with van der Waals surface area (Å²) in [5, 5.41) is 13.7. The Morgan fingerprint density at radius 2 is 1.79 bits per heavy atom. The van der Waals surface area contributed by atoms with Crippen LogP contribution in [0.15, 0.2) is 72.9 Å². The molecule has 0 unspecified atom stereocenters. The average Bonchev–Trinajstić information content (AvgIpc) is 3.39. The number of carbonyl (C=O) groups is 2. The highest BCUT2D eigenvalue weighted by molar-refractivity contribution is 7.21. The number of hydrogen-bond donors (Lipinski definition) is 4. The summed E-state index contributed by atoms with van der Waals surface area (Å²) in [7, 11) is 1.93. The van der Waals surface area contributed by atoms with Crippen LogP contribution in [0.3, 0.4) is 0 Å². The van der Waals surface area contributed by atoms with Crippen molar-refractivity contribution in [2.24, 2.45) is 0 Å². The smallest absolute Gasteiger partial charge is 0.331 e. The molecule has 0 saturated heterocycles. The fraction of sp³-hybridized carbons (Fsp3) is 0.303. The number of nitrogens with zero attached hydrogens (tertiary/aromatic N) is 2. The first-order valence-electron chi connectivity index (χ1n) is 14.7. The highest BCUT2D eigenvalue weighted by Crippen LogP contribution is 2.46. The molecule has 2 aromatic carbocycles. The second-order valence-electron chi connectivity index (χ2n) is 10.9. The first kappa shape index (κ1) is 28.9. The minimum atomic E-state index is -0.317. The summed E-state index contributed by atoms with van der Waals surface area (Å²) in [5.41, 5.74) is 2.85. The van der Waals surface area contributed by atoms with Crippen LogP contribution in [0.2, 0.25) is 0 Å². The van der Waals surface area contributed by atoms with E-state index in [9.17, 15) is 9.59 Å². The molecule has 2 aliphatic rings. The quantitative estimate of drug-likeness (QED) is 0.156. The van der Waals surface area contributed by atoms with E-state index in [0.717, 1.165) is 61.2 Å². The number of aromatic nitrogens is 1. The maximum Gasteiger partial charge on any atom is 0.331 e. The number of nitrogens with one attached hydrogen (secondary N) is 4. The first-order chi connectivity index (χ1) is 21.0. The third-order valence-corrected chi connectivity index (χ3v) is 9.01. The molecule has 3 heterocycles. The molecule has 4 aromatic rings. The van der Waals surface area contributed by atoms with Gasteiger partial charge in [0, 0.05) is 31.4 Å². The van der Waals surface area contributed by atoms with Crippen LogP contribution < -0.4 is 30.9 Å². The van der Waals surface area contributed by atoms with Crippen molar-refractivity contribution in [1.29, 1.82) is 0 Å². The minimum Gasteiger partial charge on any atom is -0.457 e. The van der Waals surface area contributed by atoms with Crippen molar-refractivity contribution in [3.63, 3.8) is 0 Å². The van der Waals surface area contributed by atoms with E-state index in [1.807, 2.05) is 68.6 Å². The molecule has 0 radical (unpaired) electrons. The number of para-hydroxylation sites is 1. The van der Waals surface area contributed by atoms with Gasteiger partial charge >= 0.3 is 6.03 Å². The number of aryl methyl sites for hydroxylation is 1. The Hall–Kier alpha value is -4.25. The molecule has 3 amide bonds. The Morgan fingerprint density at radius 1 is 1.02 bits per heavy atom. The number of anilines is 3. The van der Waals surface area contributed by atoms with Gasteiger partial charge in [-0.25, -0.2) is 9.78 Å². The van der Waals surface area contributed by atoms with Crippen LogP contribution in [0.25, 0.3) is 10.2 Å². The average molecular weight is 597 g/mol. The summed E-state index contributed by atoms with van der Waals surface area (Å²) >= 11 is 1.31. The number of benzene rings is 2. The molecule has 1 aliphatic carbocycles. The van der Waals surface area contributed by atoms with E-state index in [0.29, 0.717) is 32.9 Å². The molecule has 10 heteroatoms. The monoisotopic (exact) mass is 596 g/mol. The van der Waals surface area contributed by atoms with Crippen LogP contribution in [-0.4, -0.2) is 49.1 Å². The van der Waals surface area contributed by atoms with Gasteiger partial charge in [0.1, 0.15) is 21.2 Å². The molecule has 0 bridgehead atoms. The van der Waals surface area contributed by atoms with Gasteiger partial charge in [-0.1, -0.05) is 30.4 Å². The van der Waals surface area contributed by atoms with Crippen molar-refractivity contribution in [3.8, 4) is 11.5 Å². The molecule has 43 heavy (non-hydrogen) atoms. The zero-order valence-corrected chi connectivity index (χ0v) is 25.2. The van der Waals surface area contributed by atoms with Crippen LogP contribution in [0.1, 0.15) is 40.9 Å². The number of hydrogen-bond acceptors (Lipinski definition) is 7. The zero-order valence-electron chi connectivity index (χ0n) is 24.4. The standard InChI is InChI=1S/C33H36N6O3S/c1-21-20-25(42-24-8-4-3-5-9-24)14-15-26(21)39-27-16-19-36-32-28(27)29(38-33(39)41)30(43-32)31(40)37-23-12-10-22(11-13-23)35-18-7-6-17-34-2/h3-9,14-16,19-20,22-23,34-35H,10-13,17-18H2,1-2H3,(H,37,40)(H,38,41)/b7-6+/t22-,23+. The van der Waals surface area contributed by atoms with Crippen LogP contribution in [0.4, 0.5) is 21.9 Å². The maximum absolute atomic E-state index is 13.6. The summed E-state index contributed by atoms with van der Waals surface area (Å²) < 4.78 is 5.99. The molecule has 222 valence electrons. The number of pyridine rings is 1. The lowest BCUT2D eigenvalue weighted by atomic mass is 9.91. The molecule has 4 N–H and O–H groups in total. The summed E-state index contributed by atoms with van der Waals surface area (Å²) in [5.74, 6) is 1.27. The molecule has 2 aromatic heterocycles. The van der Waals surface area contributed by atoms with Gasteiger partial charge in [0.05, 0.1) is 22.4 Å². The maximum atomic E-state index is 13.6. The second kappa shape index (κ2) is 12.9. The number of likely N-dealkylation sites (N-methyl/N-ethyl adjacent to an activating group) is 1. The highest BCUT2D eigenvalue weighted by Gasteiger charge is 2.34. The lowest BCUT2D eigenvalue weighted by molar-refractivity contribution is 0.0929. The third-order valence-electron chi connectivity index (χ3n) is 7.92. The molecule has 6 rings (SSSR count). The lowest BCUT2D eigenvalue weighted by Crippen LogP contribution is -2.42. The Labute approximate surface area is 255 Å². The van der Waals surface area contributed by atoms with Crippen molar-refractivity contribution in [2.75, 3.05) is 30.4 Å². The number of rotatable bonds is 10. The second-order valence-corrected chi connectivity index (χ2v) is 11.9. The van der Waals surface area contributed by atoms with Crippen LogP contribution >= 0.6 is 11.3 Å². The van der Waals surface area contributed by atoms with Crippen molar-refractivity contribution in [3.05, 3.63) is 83.4 Å². The first-order valence-corrected chi connectivity index (χ1v) is 15.5. The molecule has 1 saturated carbocycles. The SMILES string of the molecule is CNC/C=C/CN[C@H]1CC[C@@H](NC(=O)c2sc3nccc4c3c2NC(=O)N4c2ccc(Oc3ccccc3)cc2C)CC1. The number of thiophene rings is 1. The fourth-order valence-corrected chi connectivity index (χ4v) is 6.78.